The average Bonchev–Trinajstić information content (AvgIpc) is 3.32. The van der Waals surface area contributed by atoms with Crippen LogP contribution >= 0.6 is 34.5 Å². The Balaban J connectivity index is 1.45. The van der Waals surface area contributed by atoms with Crippen LogP contribution in [0.4, 0.5) is 0 Å². The fraction of sp³-hybridized carbons (Fsp3) is 0.118. The highest BCUT2D eigenvalue weighted by molar-refractivity contribution is 7.91. The zero-order valence-electron chi connectivity index (χ0n) is 14.6. The van der Waals surface area contributed by atoms with Crippen molar-refractivity contribution < 1.29 is 13.2 Å². The van der Waals surface area contributed by atoms with Crippen molar-refractivity contribution >= 4 is 50.2 Å². The summed E-state index contributed by atoms with van der Waals surface area (Å²) in [5.41, 5.74) is 1.22. The molecule has 4 rings (SSSR count). The smallest absolute Gasteiger partial charge is 0.250 e. The molecule has 4 aromatic rings. The van der Waals surface area contributed by atoms with Gasteiger partial charge in [-0.25, -0.2) is 13.1 Å². The van der Waals surface area contributed by atoms with Crippen LogP contribution in [0.1, 0.15) is 0 Å². The number of hydrogen-bond donors (Lipinski definition) is 1. The molecule has 0 aliphatic heterocycles. The molecule has 0 saturated heterocycles. The highest BCUT2D eigenvalue weighted by Gasteiger charge is 2.16. The highest BCUT2D eigenvalue weighted by atomic mass is 35.5. The molecule has 0 spiro atoms. The molecule has 12 heteroatoms. The first-order valence-electron chi connectivity index (χ1n) is 8.29. The summed E-state index contributed by atoms with van der Waals surface area (Å²) in [6.45, 7) is 0.150. The van der Waals surface area contributed by atoms with E-state index in [1.165, 1.54) is 16.6 Å². The van der Waals surface area contributed by atoms with Crippen LogP contribution in [-0.4, -0.2) is 41.4 Å². The number of fused-ring (bicyclic) bond motifs is 1. The molecule has 1 N–H and O–H groups in total. The first kappa shape index (κ1) is 20.0. The third kappa shape index (κ3) is 4.36. The van der Waals surface area contributed by atoms with Crippen LogP contribution in [0.5, 0.6) is 5.88 Å². The zero-order valence-corrected chi connectivity index (χ0v) is 17.8. The Morgan fingerprint density at radius 3 is 2.66 bits per heavy atom. The molecule has 0 bridgehead atoms. The number of sulfonamides is 1. The van der Waals surface area contributed by atoms with Crippen LogP contribution in [0.15, 0.2) is 52.7 Å². The van der Waals surface area contributed by atoms with Crippen LogP contribution in [0.25, 0.3) is 17.0 Å². The number of rotatable bonds is 7. The molecule has 0 unspecified atom stereocenters. The molecule has 0 saturated carbocycles. The minimum Gasteiger partial charge on any atom is -0.475 e. The Kier molecular flexibility index (Phi) is 5.70. The Bertz CT molecular complexity index is 1270. The van der Waals surface area contributed by atoms with Crippen molar-refractivity contribution in [2.45, 2.75) is 4.21 Å². The van der Waals surface area contributed by atoms with Gasteiger partial charge < -0.3 is 4.74 Å². The Morgan fingerprint density at radius 1 is 1.07 bits per heavy atom. The van der Waals surface area contributed by atoms with Crippen LogP contribution in [0.2, 0.25) is 9.36 Å². The fourth-order valence-electron chi connectivity index (χ4n) is 2.50. The fourth-order valence-corrected chi connectivity index (χ4v) is 5.27. The number of thiophene rings is 1. The standard InChI is InChI=1S/C17H13Cl2N5O3S2/c18-12-4-2-1-3-11(12)17-22-21-14-6-7-15(23-24(14)17)27-10-9-20-29(25,26)16-8-5-13(19)28-16/h1-8,20H,9-10H2. The predicted molar refractivity (Wildman–Crippen MR) is 111 cm³/mol. The van der Waals surface area contributed by atoms with E-state index in [0.29, 0.717) is 32.3 Å². The molecule has 3 heterocycles. The van der Waals surface area contributed by atoms with Gasteiger partial charge >= 0.3 is 0 Å². The molecular formula is C17H13Cl2N5O3S2. The number of aromatic nitrogens is 4. The Labute approximate surface area is 180 Å². The monoisotopic (exact) mass is 469 g/mol. The number of hydrogen-bond acceptors (Lipinski definition) is 7. The van der Waals surface area contributed by atoms with E-state index < -0.39 is 10.0 Å². The molecular weight excluding hydrogens is 457 g/mol. The maximum absolute atomic E-state index is 12.2. The second-order valence-corrected chi connectivity index (χ2v) is 9.87. The number of ether oxygens (including phenoxy) is 1. The van der Waals surface area contributed by atoms with Crippen LogP contribution in [0.3, 0.4) is 0 Å². The molecule has 0 aliphatic carbocycles. The minimum absolute atomic E-state index is 0.0666. The number of halogens is 2. The molecule has 0 fully saturated rings. The van der Waals surface area contributed by atoms with Crippen molar-refractivity contribution in [3.63, 3.8) is 0 Å². The van der Waals surface area contributed by atoms with Crippen LogP contribution in [-0.2, 0) is 10.0 Å². The van der Waals surface area contributed by atoms with Gasteiger partial charge in [0.15, 0.2) is 11.5 Å². The quantitative estimate of drug-likeness (QED) is 0.415. The van der Waals surface area contributed by atoms with Crippen LogP contribution in [0, 0.1) is 0 Å². The lowest BCUT2D eigenvalue weighted by Crippen LogP contribution is -2.27. The molecule has 0 aliphatic rings. The Hall–Kier alpha value is -2.24. The van der Waals surface area contributed by atoms with E-state index in [1.807, 2.05) is 18.2 Å². The SMILES string of the molecule is O=S(=O)(NCCOc1ccc2nnc(-c3ccccc3Cl)n2n1)c1ccc(Cl)s1. The molecule has 3 aromatic heterocycles. The molecule has 0 amide bonds. The van der Waals surface area contributed by atoms with E-state index in [9.17, 15) is 8.42 Å². The predicted octanol–water partition coefficient (Wildman–Crippen LogP) is 3.52. The molecule has 29 heavy (non-hydrogen) atoms. The van der Waals surface area contributed by atoms with Gasteiger partial charge in [0.25, 0.3) is 0 Å². The van der Waals surface area contributed by atoms with Crippen molar-refractivity contribution in [3.8, 4) is 17.3 Å². The van der Waals surface area contributed by atoms with Gasteiger partial charge in [0.1, 0.15) is 10.8 Å². The van der Waals surface area contributed by atoms with E-state index in [0.717, 1.165) is 11.3 Å². The summed E-state index contributed by atoms with van der Waals surface area (Å²) in [7, 11) is -3.62. The lowest BCUT2D eigenvalue weighted by atomic mass is 10.2. The summed E-state index contributed by atoms with van der Waals surface area (Å²) < 4.78 is 34.4. The lowest BCUT2D eigenvalue weighted by molar-refractivity contribution is 0.306. The summed E-state index contributed by atoms with van der Waals surface area (Å²) in [5, 5.41) is 13.1. The van der Waals surface area contributed by atoms with E-state index in [4.69, 9.17) is 27.9 Å². The van der Waals surface area contributed by atoms with Crippen molar-refractivity contribution in [1.82, 2.24) is 24.5 Å². The summed E-state index contributed by atoms with van der Waals surface area (Å²) in [4.78, 5) is 0. The van der Waals surface area contributed by atoms with Crippen molar-refractivity contribution in [3.05, 3.63) is 57.9 Å². The normalized spacial score (nSPS) is 11.8. The van der Waals surface area contributed by atoms with Gasteiger partial charge in [-0.15, -0.1) is 26.6 Å². The summed E-state index contributed by atoms with van der Waals surface area (Å²) in [6, 6.07) is 13.6. The highest BCUT2D eigenvalue weighted by Crippen LogP contribution is 2.27. The molecule has 1 aromatic carbocycles. The largest absolute Gasteiger partial charge is 0.475 e. The van der Waals surface area contributed by atoms with Crippen LogP contribution < -0.4 is 9.46 Å². The van der Waals surface area contributed by atoms with E-state index in [-0.39, 0.29) is 17.4 Å². The van der Waals surface area contributed by atoms with Gasteiger partial charge in [0, 0.05) is 18.2 Å². The van der Waals surface area contributed by atoms with Gasteiger partial charge in [-0.3, -0.25) is 0 Å². The molecule has 8 nitrogen and oxygen atoms in total. The Morgan fingerprint density at radius 2 is 1.90 bits per heavy atom. The van der Waals surface area contributed by atoms with Crippen molar-refractivity contribution in [1.29, 1.82) is 0 Å². The van der Waals surface area contributed by atoms with Gasteiger partial charge in [-0.2, -0.15) is 4.52 Å². The topological polar surface area (TPSA) is 98.5 Å². The average molecular weight is 470 g/mol. The minimum atomic E-state index is -3.62. The van der Waals surface area contributed by atoms with Gasteiger partial charge in [0.05, 0.1) is 9.36 Å². The summed E-state index contributed by atoms with van der Waals surface area (Å²) in [6.07, 6.45) is 0. The summed E-state index contributed by atoms with van der Waals surface area (Å²) in [5.74, 6) is 0.773. The van der Waals surface area contributed by atoms with Gasteiger partial charge in [-0.05, 0) is 30.3 Å². The second-order valence-electron chi connectivity index (χ2n) is 5.75. The second kappa shape index (κ2) is 8.25. The molecule has 150 valence electrons. The van der Waals surface area contributed by atoms with Crippen molar-refractivity contribution in [2.24, 2.45) is 0 Å². The van der Waals surface area contributed by atoms with Crippen molar-refractivity contribution in [2.75, 3.05) is 13.2 Å². The van der Waals surface area contributed by atoms with E-state index in [2.05, 4.69) is 20.0 Å². The number of nitrogens with one attached hydrogen (secondary N) is 1. The molecule has 0 radical (unpaired) electrons. The third-order valence-corrected chi connectivity index (χ3v) is 7.32. The lowest BCUT2D eigenvalue weighted by Gasteiger charge is -2.07. The molecule has 0 atom stereocenters. The first-order chi connectivity index (χ1) is 13.9. The number of nitrogens with zero attached hydrogens (tertiary/aromatic N) is 4. The maximum Gasteiger partial charge on any atom is 0.250 e. The van der Waals surface area contributed by atoms with E-state index in [1.54, 1.807) is 18.2 Å². The van der Waals surface area contributed by atoms with Gasteiger partial charge in [0.2, 0.25) is 15.9 Å². The van der Waals surface area contributed by atoms with Gasteiger partial charge in [-0.1, -0.05) is 35.3 Å². The maximum atomic E-state index is 12.2. The zero-order chi connectivity index (χ0) is 20.4. The summed E-state index contributed by atoms with van der Waals surface area (Å²) >= 11 is 13.0. The first-order valence-corrected chi connectivity index (χ1v) is 11.3. The third-order valence-electron chi connectivity index (χ3n) is 3.81. The number of benzene rings is 1. The van der Waals surface area contributed by atoms with E-state index >= 15 is 0 Å².